The highest BCUT2D eigenvalue weighted by Gasteiger charge is 2.02. The van der Waals surface area contributed by atoms with E-state index in [0.717, 1.165) is 11.2 Å². The minimum Gasteiger partial charge on any atom is -0.278 e. The zero-order chi connectivity index (χ0) is 7.72. The molecular formula is C7H11BN2. The molecule has 10 heavy (non-hydrogen) atoms. The Balaban J connectivity index is 3.05. The Labute approximate surface area is 62.7 Å². The van der Waals surface area contributed by atoms with Crippen molar-refractivity contribution in [2.45, 2.75) is 26.8 Å². The van der Waals surface area contributed by atoms with Gasteiger partial charge in [-0.25, -0.2) is 0 Å². The van der Waals surface area contributed by atoms with Crippen LogP contribution in [0.25, 0.3) is 0 Å². The summed E-state index contributed by atoms with van der Waals surface area (Å²) in [6.07, 6.45) is 1.79. The molecule has 1 rings (SSSR count). The average Bonchev–Trinajstić information content (AvgIpc) is 2.14. The van der Waals surface area contributed by atoms with E-state index in [4.69, 9.17) is 7.85 Å². The smallest absolute Gasteiger partial charge is 0.141 e. The van der Waals surface area contributed by atoms with Gasteiger partial charge in [0.05, 0.1) is 6.20 Å². The van der Waals surface area contributed by atoms with Gasteiger partial charge < -0.3 is 0 Å². The molecule has 0 fully saturated rings. The second-order valence-electron chi connectivity index (χ2n) is 2.75. The van der Waals surface area contributed by atoms with E-state index >= 15 is 0 Å². The quantitative estimate of drug-likeness (QED) is 0.513. The average molecular weight is 134 g/mol. The molecule has 1 heterocycles. The second-order valence-corrected chi connectivity index (χ2v) is 2.75. The minimum atomic E-state index is 0.355. The summed E-state index contributed by atoms with van der Waals surface area (Å²) in [6.45, 7) is 6.08. The first-order valence-corrected chi connectivity index (χ1v) is 3.42. The molecule has 0 amide bonds. The summed E-state index contributed by atoms with van der Waals surface area (Å²) in [5.41, 5.74) is 1.82. The Kier molecular flexibility index (Phi) is 1.83. The van der Waals surface area contributed by atoms with E-state index in [1.54, 1.807) is 6.20 Å². The van der Waals surface area contributed by atoms with Gasteiger partial charge in [0, 0.05) is 6.04 Å². The zero-order valence-electron chi connectivity index (χ0n) is 6.63. The maximum atomic E-state index is 5.70. The van der Waals surface area contributed by atoms with E-state index in [2.05, 4.69) is 18.9 Å². The topological polar surface area (TPSA) is 17.8 Å². The first kappa shape index (κ1) is 7.38. The molecule has 2 nitrogen and oxygen atoms in total. The van der Waals surface area contributed by atoms with Crippen LogP contribution in [0.1, 0.15) is 25.5 Å². The van der Waals surface area contributed by atoms with Gasteiger partial charge in [-0.2, -0.15) is 5.10 Å². The molecule has 0 aromatic carbocycles. The van der Waals surface area contributed by atoms with Gasteiger partial charge in [-0.15, -0.1) is 0 Å². The fraction of sp³-hybridized carbons (Fsp3) is 0.571. The summed E-state index contributed by atoms with van der Waals surface area (Å²) in [5, 5.41) is 4.11. The third-order valence-electron chi connectivity index (χ3n) is 1.52. The predicted molar refractivity (Wildman–Crippen MR) is 42.7 cm³/mol. The van der Waals surface area contributed by atoms with Crippen molar-refractivity contribution >= 4 is 13.4 Å². The van der Waals surface area contributed by atoms with Crippen LogP contribution in [0.2, 0.25) is 0 Å². The van der Waals surface area contributed by atoms with Gasteiger partial charge in [0.2, 0.25) is 0 Å². The highest BCUT2D eigenvalue weighted by molar-refractivity contribution is 6.31. The zero-order valence-corrected chi connectivity index (χ0v) is 6.63. The van der Waals surface area contributed by atoms with Crippen LogP contribution in [0.3, 0.4) is 0 Å². The molecule has 52 valence electrons. The molecule has 1 aromatic rings. The van der Waals surface area contributed by atoms with E-state index in [1.807, 2.05) is 11.6 Å². The summed E-state index contributed by atoms with van der Waals surface area (Å²) >= 11 is 0. The van der Waals surface area contributed by atoms with E-state index in [0.29, 0.717) is 6.04 Å². The van der Waals surface area contributed by atoms with Crippen LogP contribution >= 0.6 is 0 Å². The van der Waals surface area contributed by atoms with E-state index in [-0.39, 0.29) is 0 Å². The first-order chi connectivity index (χ1) is 4.63. The maximum absolute atomic E-state index is 5.70. The van der Waals surface area contributed by atoms with Crippen molar-refractivity contribution in [1.82, 2.24) is 9.78 Å². The molecule has 1 aromatic heterocycles. The molecule has 0 unspecified atom stereocenters. The van der Waals surface area contributed by atoms with Gasteiger partial charge >= 0.3 is 0 Å². The lowest BCUT2D eigenvalue weighted by Crippen LogP contribution is -2.21. The lowest BCUT2D eigenvalue weighted by Gasteiger charge is -2.07. The van der Waals surface area contributed by atoms with Gasteiger partial charge in [-0.1, -0.05) is 0 Å². The minimum absolute atomic E-state index is 0.355. The van der Waals surface area contributed by atoms with Crippen molar-refractivity contribution in [3.05, 3.63) is 11.8 Å². The van der Waals surface area contributed by atoms with Crippen molar-refractivity contribution in [3.8, 4) is 0 Å². The van der Waals surface area contributed by atoms with Crippen LogP contribution in [0.15, 0.2) is 6.20 Å². The van der Waals surface area contributed by atoms with Crippen LogP contribution in [-0.2, 0) is 0 Å². The van der Waals surface area contributed by atoms with Gasteiger partial charge in [-0.05, 0) is 31.9 Å². The van der Waals surface area contributed by atoms with Crippen molar-refractivity contribution in [1.29, 1.82) is 0 Å². The standard InChI is InChI=1S/C7H11BN2/c1-5(2)10-7(8)6(3)4-9-10/h4-5H,1-3H3. The molecule has 0 aliphatic rings. The van der Waals surface area contributed by atoms with Gasteiger partial charge in [0.1, 0.15) is 7.85 Å². The number of aromatic nitrogens is 2. The molecule has 0 saturated carbocycles. The highest BCUT2D eigenvalue weighted by atomic mass is 15.3. The molecule has 0 aliphatic carbocycles. The molecule has 0 spiro atoms. The van der Waals surface area contributed by atoms with Crippen molar-refractivity contribution in [3.63, 3.8) is 0 Å². The molecule has 3 heteroatoms. The molecule has 0 aliphatic heterocycles. The second kappa shape index (κ2) is 2.49. The summed E-state index contributed by atoms with van der Waals surface area (Å²) in [5.74, 6) is 0. The molecule has 0 atom stereocenters. The third kappa shape index (κ3) is 1.08. The van der Waals surface area contributed by atoms with Gasteiger partial charge in [0.15, 0.2) is 0 Å². The van der Waals surface area contributed by atoms with E-state index < -0.39 is 0 Å². The number of rotatable bonds is 1. The summed E-state index contributed by atoms with van der Waals surface area (Å²) < 4.78 is 1.81. The predicted octanol–water partition coefficient (Wildman–Crippen LogP) is 0.566. The Hall–Kier alpha value is -0.725. The highest BCUT2D eigenvalue weighted by Crippen LogP contribution is 1.99. The molecule has 0 bridgehead atoms. The van der Waals surface area contributed by atoms with Crippen LogP contribution in [0.4, 0.5) is 0 Å². The van der Waals surface area contributed by atoms with Crippen molar-refractivity contribution in [2.75, 3.05) is 0 Å². The van der Waals surface area contributed by atoms with Crippen LogP contribution in [0.5, 0.6) is 0 Å². The Bertz CT molecular complexity index is 228. The first-order valence-electron chi connectivity index (χ1n) is 3.42. The van der Waals surface area contributed by atoms with Crippen molar-refractivity contribution < 1.29 is 0 Å². The Morgan fingerprint density at radius 1 is 1.60 bits per heavy atom. The molecular weight excluding hydrogens is 123 g/mol. The summed E-state index contributed by atoms with van der Waals surface area (Å²) in [7, 11) is 5.70. The SMILES string of the molecule is [B]c1c(C)cnn1C(C)C. The molecule has 0 N–H and O–H groups in total. The maximum Gasteiger partial charge on any atom is 0.141 e. The number of aryl methyl sites for hydroxylation is 1. The van der Waals surface area contributed by atoms with Crippen LogP contribution in [-0.4, -0.2) is 17.6 Å². The third-order valence-corrected chi connectivity index (χ3v) is 1.52. The Morgan fingerprint density at radius 2 is 2.20 bits per heavy atom. The van der Waals surface area contributed by atoms with Crippen molar-refractivity contribution in [2.24, 2.45) is 0 Å². The number of nitrogens with zero attached hydrogens (tertiary/aromatic N) is 2. The van der Waals surface area contributed by atoms with Crippen LogP contribution in [0, 0.1) is 6.92 Å². The summed E-state index contributed by atoms with van der Waals surface area (Å²) in [6, 6.07) is 0.355. The lowest BCUT2D eigenvalue weighted by atomic mass is 10.00. The fourth-order valence-electron chi connectivity index (χ4n) is 0.869. The number of hydrogen-bond acceptors (Lipinski definition) is 1. The van der Waals surface area contributed by atoms with Gasteiger partial charge in [-0.3, -0.25) is 4.68 Å². The van der Waals surface area contributed by atoms with Gasteiger partial charge in [0.25, 0.3) is 0 Å². The Morgan fingerprint density at radius 3 is 2.40 bits per heavy atom. The lowest BCUT2D eigenvalue weighted by molar-refractivity contribution is 0.546. The summed E-state index contributed by atoms with van der Waals surface area (Å²) in [4.78, 5) is 0. The monoisotopic (exact) mass is 134 g/mol. The normalized spacial score (nSPS) is 10.8. The number of hydrogen-bond donors (Lipinski definition) is 0. The van der Waals surface area contributed by atoms with Crippen LogP contribution < -0.4 is 5.59 Å². The fourth-order valence-corrected chi connectivity index (χ4v) is 0.869. The van der Waals surface area contributed by atoms with E-state index in [9.17, 15) is 0 Å². The largest absolute Gasteiger partial charge is 0.278 e. The molecule has 2 radical (unpaired) electrons. The molecule has 0 saturated heterocycles. The van der Waals surface area contributed by atoms with E-state index in [1.165, 1.54) is 0 Å².